The van der Waals surface area contributed by atoms with Crippen LogP contribution in [0.15, 0.2) is 53.4 Å². The molecule has 0 aliphatic carbocycles. The largest absolute Gasteiger partial charge is 0.337 e. The molecule has 0 atom stereocenters. The Balaban J connectivity index is 1.75. The van der Waals surface area contributed by atoms with Gasteiger partial charge in [0.05, 0.1) is 23.1 Å². The van der Waals surface area contributed by atoms with E-state index in [1.54, 1.807) is 21.9 Å². The first-order valence-electron chi connectivity index (χ1n) is 8.91. The van der Waals surface area contributed by atoms with Gasteiger partial charge in [-0.3, -0.25) is 9.59 Å². The summed E-state index contributed by atoms with van der Waals surface area (Å²) in [7, 11) is 0. The van der Waals surface area contributed by atoms with Crippen LogP contribution in [0.2, 0.25) is 0 Å². The van der Waals surface area contributed by atoms with Gasteiger partial charge in [0.15, 0.2) is 0 Å². The van der Waals surface area contributed by atoms with Crippen LogP contribution < -0.4 is 4.90 Å². The Bertz CT molecular complexity index is 874. The number of hydrogen-bond acceptors (Lipinski definition) is 4. The maximum atomic E-state index is 13.0. The number of benzene rings is 2. The van der Waals surface area contributed by atoms with Crippen molar-refractivity contribution in [1.82, 2.24) is 4.90 Å². The number of amides is 2. The number of para-hydroxylation sites is 1. The van der Waals surface area contributed by atoms with E-state index >= 15 is 0 Å². The highest BCUT2D eigenvalue weighted by Crippen LogP contribution is 2.34. The Morgan fingerprint density at radius 3 is 2.67 bits per heavy atom. The van der Waals surface area contributed by atoms with Crippen LogP contribution in [0.25, 0.3) is 0 Å². The lowest BCUT2D eigenvalue weighted by atomic mass is 10.1. The number of hydrogen-bond donors (Lipinski definition) is 0. The molecule has 1 aliphatic heterocycles. The first-order chi connectivity index (χ1) is 13.1. The number of fused-ring (bicyclic) bond motifs is 1. The van der Waals surface area contributed by atoms with Crippen molar-refractivity contribution < 1.29 is 9.59 Å². The van der Waals surface area contributed by atoms with Gasteiger partial charge in [0.25, 0.3) is 0 Å². The molecule has 6 heteroatoms. The van der Waals surface area contributed by atoms with Crippen LogP contribution in [0.5, 0.6) is 0 Å². The third-order valence-corrected chi connectivity index (χ3v) is 5.45. The average molecular weight is 379 g/mol. The third kappa shape index (κ3) is 4.50. The second kappa shape index (κ2) is 8.74. The summed E-state index contributed by atoms with van der Waals surface area (Å²) in [6.07, 6.45) is 0.836. The van der Waals surface area contributed by atoms with Crippen molar-refractivity contribution >= 4 is 29.3 Å². The van der Waals surface area contributed by atoms with Gasteiger partial charge >= 0.3 is 0 Å². The molecule has 5 nitrogen and oxygen atoms in total. The number of nitrogens with zero attached hydrogens (tertiary/aromatic N) is 3. The van der Waals surface area contributed by atoms with Crippen molar-refractivity contribution in [1.29, 1.82) is 5.26 Å². The molecule has 0 fully saturated rings. The van der Waals surface area contributed by atoms with Crippen LogP contribution in [0, 0.1) is 11.3 Å². The molecule has 2 aromatic carbocycles. The molecule has 1 aliphatic rings. The summed E-state index contributed by atoms with van der Waals surface area (Å²) in [5, 5.41) is 8.92. The molecule has 2 aromatic rings. The Morgan fingerprint density at radius 1 is 1.22 bits per heavy atom. The predicted octanol–water partition coefficient (Wildman–Crippen LogP) is 3.44. The lowest BCUT2D eigenvalue weighted by Gasteiger charge is -2.31. The van der Waals surface area contributed by atoms with Crippen molar-refractivity contribution in [3.05, 3.63) is 59.7 Å². The smallest absolute Gasteiger partial charge is 0.242 e. The molecule has 0 saturated heterocycles. The van der Waals surface area contributed by atoms with Crippen molar-refractivity contribution in [2.45, 2.75) is 24.8 Å². The summed E-state index contributed by atoms with van der Waals surface area (Å²) in [5.74, 6) is 0.242. The normalized spacial score (nSPS) is 13.0. The number of rotatable bonds is 6. The minimum Gasteiger partial charge on any atom is -0.337 e. The summed E-state index contributed by atoms with van der Waals surface area (Å²) in [5.41, 5.74) is 2.37. The maximum Gasteiger partial charge on any atom is 0.242 e. The van der Waals surface area contributed by atoms with Gasteiger partial charge in [-0.2, -0.15) is 5.26 Å². The topological polar surface area (TPSA) is 64.4 Å². The second-order valence-electron chi connectivity index (χ2n) is 6.36. The fourth-order valence-corrected chi connectivity index (χ4v) is 3.97. The zero-order valence-electron chi connectivity index (χ0n) is 15.2. The Labute approximate surface area is 163 Å². The molecule has 0 saturated carbocycles. The molecule has 1 heterocycles. The second-order valence-corrected chi connectivity index (χ2v) is 7.38. The SMILES string of the molecule is CCCN(Cc1ccc(C#N)cc1)C(=O)CN1C(=O)CSc2ccccc21. The number of thioether (sulfide) groups is 1. The molecule has 0 N–H and O–H groups in total. The average Bonchev–Trinajstić information content (AvgIpc) is 2.70. The van der Waals surface area contributed by atoms with Gasteiger partial charge in [0.2, 0.25) is 11.8 Å². The van der Waals surface area contributed by atoms with Gasteiger partial charge in [0.1, 0.15) is 6.54 Å². The van der Waals surface area contributed by atoms with E-state index in [2.05, 4.69) is 6.07 Å². The van der Waals surface area contributed by atoms with Gasteiger partial charge in [-0.1, -0.05) is 31.2 Å². The van der Waals surface area contributed by atoms with E-state index in [0.717, 1.165) is 22.6 Å². The highest BCUT2D eigenvalue weighted by molar-refractivity contribution is 8.00. The molecular weight excluding hydrogens is 358 g/mol. The van der Waals surface area contributed by atoms with Crippen LogP contribution in [0.1, 0.15) is 24.5 Å². The fraction of sp³-hybridized carbons (Fsp3) is 0.286. The zero-order valence-corrected chi connectivity index (χ0v) is 16.0. The third-order valence-electron chi connectivity index (χ3n) is 4.40. The van der Waals surface area contributed by atoms with Crippen LogP contribution >= 0.6 is 11.8 Å². The molecule has 3 rings (SSSR count). The van der Waals surface area contributed by atoms with Gasteiger partial charge in [-0.05, 0) is 36.2 Å². The molecule has 27 heavy (non-hydrogen) atoms. The summed E-state index contributed by atoms with van der Waals surface area (Å²) in [6, 6.07) is 17.0. The standard InChI is InChI=1S/C21H21N3O2S/c1-2-11-23(13-17-9-7-16(12-22)8-10-17)20(25)14-24-18-5-3-4-6-19(18)27-15-21(24)26/h3-10H,2,11,13-15H2,1H3. The molecule has 0 radical (unpaired) electrons. The highest BCUT2D eigenvalue weighted by atomic mass is 32.2. The first kappa shape index (κ1) is 19.0. The van der Waals surface area contributed by atoms with Crippen LogP contribution in [0.4, 0.5) is 5.69 Å². The predicted molar refractivity (Wildman–Crippen MR) is 106 cm³/mol. The van der Waals surface area contributed by atoms with E-state index in [9.17, 15) is 9.59 Å². The van der Waals surface area contributed by atoms with Crippen LogP contribution in [-0.2, 0) is 16.1 Å². The van der Waals surface area contributed by atoms with Gasteiger partial charge in [0, 0.05) is 18.0 Å². The molecule has 0 spiro atoms. The van der Waals surface area contributed by atoms with Gasteiger partial charge < -0.3 is 9.80 Å². The number of carbonyl (C=O) groups excluding carboxylic acids is 2. The zero-order chi connectivity index (χ0) is 19.2. The Morgan fingerprint density at radius 2 is 1.96 bits per heavy atom. The van der Waals surface area contributed by atoms with E-state index in [1.807, 2.05) is 43.3 Å². The van der Waals surface area contributed by atoms with E-state index in [-0.39, 0.29) is 18.4 Å². The number of nitriles is 1. The van der Waals surface area contributed by atoms with Crippen molar-refractivity contribution in [3.63, 3.8) is 0 Å². The molecule has 2 amide bonds. The Kier molecular flexibility index (Phi) is 6.15. The molecule has 0 bridgehead atoms. The molecule has 138 valence electrons. The van der Waals surface area contributed by atoms with Gasteiger partial charge in [-0.15, -0.1) is 11.8 Å². The summed E-state index contributed by atoms with van der Waals surface area (Å²) in [6.45, 7) is 3.16. The summed E-state index contributed by atoms with van der Waals surface area (Å²) < 4.78 is 0. The minimum absolute atomic E-state index is 0.0399. The number of anilines is 1. The molecule has 0 unspecified atom stereocenters. The van der Waals surface area contributed by atoms with Crippen LogP contribution in [-0.4, -0.2) is 35.6 Å². The van der Waals surface area contributed by atoms with E-state index in [0.29, 0.717) is 24.4 Å². The van der Waals surface area contributed by atoms with Crippen molar-refractivity contribution in [3.8, 4) is 6.07 Å². The lowest BCUT2D eigenvalue weighted by molar-refractivity contribution is -0.131. The quantitative estimate of drug-likeness (QED) is 0.771. The lowest BCUT2D eigenvalue weighted by Crippen LogP contribution is -2.45. The van der Waals surface area contributed by atoms with Crippen molar-refractivity contribution in [2.24, 2.45) is 0 Å². The Hall–Kier alpha value is -2.78. The summed E-state index contributed by atoms with van der Waals surface area (Å²) in [4.78, 5) is 29.8. The van der Waals surface area contributed by atoms with E-state index in [4.69, 9.17) is 5.26 Å². The van der Waals surface area contributed by atoms with E-state index in [1.165, 1.54) is 11.8 Å². The first-order valence-corrected chi connectivity index (χ1v) is 9.90. The van der Waals surface area contributed by atoms with Crippen molar-refractivity contribution in [2.75, 3.05) is 23.7 Å². The maximum absolute atomic E-state index is 13.0. The molecular formula is C21H21N3O2S. The molecule has 0 aromatic heterocycles. The summed E-state index contributed by atoms with van der Waals surface area (Å²) >= 11 is 1.51. The monoisotopic (exact) mass is 379 g/mol. The van der Waals surface area contributed by atoms with Gasteiger partial charge in [-0.25, -0.2) is 0 Å². The number of carbonyl (C=O) groups is 2. The highest BCUT2D eigenvalue weighted by Gasteiger charge is 2.27. The van der Waals surface area contributed by atoms with Crippen LogP contribution in [0.3, 0.4) is 0 Å². The minimum atomic E-state index is -0.0729. The van der Waals surface area contributed by atoms with E-state index < -0.39 is 0 Å². The fourth-order valence-electron chi connectivity index (χ4n) is 3.03.